The molecule has 2 aromatic rings. The third kappa shape index (κ3) is 6.15. The highest BCUT2D eigenvalue weighted by molar-refractivity contribution is 7.15. The lowest BCUT2D eigenvalue weighted by Crippen LogP contribution is -2.19. The first-order chi connectivity index (χ1) is 12.9. The molecule has 0 saturated heterocycles. The van der Waals surface area contributed by atoms with Crippen LogP contribution in [-0.4, -0.2) is 29.4 Å². The second kappa shape index (κ2) is 9.79. The van der Waals surface area contributed by atoms with Crippen molar-refractivity contribution in [3.63, 3.8) is 0 Å². The van der Waals surface area contributed by atoms with Gasteiger partial charge in [0, 0.05) is 11.3 Å². The van der Waals surface area contributed by atoms with Crippen molar-refractivity contribution >= 4 is 39.9 Å². The van der Waals surface area contributed by atoms with E-state index in [1.54, 1.807) is 31.2 Å². The molecule has 1 heterocycles. The van der Waals surface area contributed by atoms with Gasteiger partial charge in [0.25, 0.3) is 5.91 Å². The van der Waals surface area contributed by atoms with E-state index in [4.69, 9.17) is 0 Å². The summed E-state index contributed by atoms with van der Waals surface area (Å²) in [4.78, 5) is 49.9. The molecule has 1 aromatic heterocycles. The summed E-state index contributed by atoms with van der Waals surface area (Å²) in [5, 5.41) is 5.90. The lowest BCUT2D eigenvalue weighted by Gasteiger charge is -2.10. The summed E-state index contributed by atoms with van der Waals surface area (Å²) in [5.74, 6) is -1.25. The highest BCUT2D eigenvalue weighted by Gasteiger charge is 2.15. The molecular weight excluding hydrogens is 370 g/mol. The van der Waals surface area contributed by atoms with Gasteiger partial charge >= 0.3 is 5.97 Å². The molecule has 0 aliphatic carbocycles. The second-order valence-electron chi connectivity index (χ2n) is 5.59. The molecule has 0 saturated carbocycles. The quantitative estimate of drug-likeness (QED) is 0.406. The Labute approximate surface area is 160 Å². The van der Waals surface area contributed by atoms with Crippen molar-refractivity contribution in [3.8, 4) is 0 Å². The first-order valence-corrected chi connectivity index (χ1v) is 9.19. The average molecular weight is 391 g/mol. The molecule has 2 rings (SSSR count). The number of aromatic nitrogens is 1. The SMILES string of the molecule is CCC(=O)OOCCC(=O)Nc1ccccc1C(=O)Nc1nc(C)c(C)s1. The molecule has 0 fully saturated rings. The van der Waals surface area contributed by atoms with Crippen molar-refractivity contribution in [1.82, 2.24) is 4.98 Å². The van der Waals surface area contributed by atoms with Crippen LogP contribution >= 0.6 is 11.3 Å². The van der Waals surface area contributed by atoms with Gasteiger partial charge in [-0.25, -0.2) is 9.78 Å². The molecule has 0 bridgehead atoms. The number of rotatable bonds is 8. The number of thiazole rings is 1. The molecule has 144 valence electrons. The van der Waals surface area contributed by atoms with Crippen LogP contribution in [0.1, 0.15) is 40.7 Å². The van der Waals surface area contributed by atoms with Crippen molar-refractivity contribution in [1.29, 1.82) is 0 Å². The average Bonchev–Trinajstić information content (AvgIpc) is 2.96. The van der Waals surface area contributed by atoms with Gasteiger partial charge in [-0.3, -0.25) is 19.8 Å². The largest absolute Gasteiger partial charge is 0.342 e. The zero-order valence-electron chi connectivity index (χ0n) is 15.3. The smallest absolute Gasteiger partial charge is 0.325 e. The maximum atomic E-state index is 12.5. The number of amides is 2. The van der Waals surface area contributed by atoms with E-state index in [1.807, 2.05) is 13.8 Å². The van der Waals surface area contributed by atoms with Gasteiger partial charge in [-0.15, -0.1) is 11.3 Å². The summed E-state index contributed by atoms with van der Waals surface area (Å²) >= 11 is 1.39. The van der Waals surface area contributed by atoms with E-state index in [0.29, 0.717) is 16.4 Å². The number of nitrogens with zero attached hydrogens (tertiary/aromatic N) is 1. The van der Waals surface area contributed by atoms with Gasteiger partial charge in [-0.05, 0) is 26.0 Å². The summed E-state index contributed by atoms with van der Waals surface area (Å²) in [6.07, 6.45) is 0.157. The number of nitrogens with one attached hydrogen (secondary N) is 2. The second-order valence-corrected chi connectivity index (χ2v) is 6.79. The lowest BCUT2D eigenvalue weighted by molar-refractivity contribution is -0.271. The molecule has 0 aliphatic rings. The first kappa shape index (κ1) is 20.5. The first-order valence-electron chi connectivity index (χ1n) is 8.37. The van der Waals surface area contributed by atoms with Crippen LogP contribution in [0.5, 0.6) is 0 Å². The molecule has 0 spiro atoms. The standard InChI is InChI=1S/C18H21N3O5S/c1-4-16(23)26-25-10-9-15(22)20-14-8-6-5-7-13(14)17(24)21-18-19-11(2)12(3)27-18/h5-8H,4,9-10H2,1-3H3,(H,20,22)(H,19,21,24). The Hall–Kier alpha value is -2.78. The van der Waals surface area contributed by atoms with Gasteiger partial charge in [-0.2, -0.15) is 4.89 Å². The van der Waals surface area contributed by atoms with E-state index in [1.165, 1.54) is 11.3 Å². The predicted octanol–water partition coefficient (Wildman–Crippen LogP) is 3.23. The number of benzene rings is 1. The van der Waals surface area contributed by atoms with Gasteiger partial charge < -0.3 is 5.32 Å². The van der Waals surface area contributed by atoms with Crippen LogP contribution in [0.15, 0.2) is 24.3 Å². The summed E-state index contributed by atoms with van der Waals surface area (Å²) in [6, 6.07) is 6.65. The maximum absolute atomic E-state index is 12.5. The number of hydrogen-bond donors (Lipinski definition) is 2. The molecule has 2 amide bonds. The van der Waals surface area contributed by atoms with Gasteiger partial charge in [0.15, 0.2) is 5.13 Å². The fraction of sp³-hybridized carbons (Fsp3) is 0.333. The zero-order chi connectivity index (χ0) is 19.8. The Bertz CT molecular complexity index is 815. The minimum absolute atomic E-state index is 0.0299. The van der Waals surface area contributed by atoms with Crippen LogP contribution in [0, 0.1) is 13.8 Å². The summed E-state index contributed by atoms with van der Waals surface area (Å²) in [7, 11) is 0. The molecule has 0 unspecified atom stereocenters. The van der Waals surface area contributed by atoms with E-state index in [9.17, 15) is 14.4 Å². The molecule has 1 aromatic carbocycles. The summed E-state index contributed by atoms with van der Waals surface area (Å²) in [6.45, 7) is 5.35. The minimum Gasteiger partial charge on any atom is -0.325 e. The monoisotopic (exact) mass is 391 g/mol. The number of anilines is 2. The Morgan fingerprint density at radius 3 is 2.56 bits per heavy atom. The highest BCUT2D eigenvalue weighted by Crippen LogP contribution is 2.23. The zero-order valence-corrected chi connectivity index (χ0v) is 16.1. The topological polar surface area (TPSA) is 107 Å². The van der Waals surface area contributed by atoms with Crippen molar-refractivity contribution in [2.45, 2.75) is 33.6 Å². The molecule has 9 heteroatoms. The Kier molecular flexibility index (Phi) is 7.44. The molecule has 0 atom stereocenters. The van der Waals surface area contributed by atoms with Crippen molar-refractivity contribution < 1.29 is 24.2 Å². The van der Waals surface area contributed by atoms with Crippen LogP contribution in [0.4, 0.5) is 10.8 Å². The van der Waals surface area contributed by atoms with E-state index < -0.39 is 5.97 Å². The van der Waals surface area contributed by atoms with Gasteiger partial charge in [0.05, 0.1) is 23.4 Å². The Morgan fingerprint density at radius 1 is 1.15 bits per heavy atom. The third-order valence-corrected chi connectivity index (χ3v) is 4.54. The van der Waals surface area contributed by atoms with Crippen molar-refractivity contribution in [2.24, 2.45) is 0 Å². The third-order valence-electron chi connectivity index (χ3n) is 3.55. The molecule has 8 nitrogen and oxygen atoms in total. The van der Waals surface area contributed by atoms with Crippen LogP contribution in [0.25, 0.3) is 0 Å². The highest BCUT2D eigenvalue weighted by atomic mass is 32.1. The van der Waals surface area contributed by atoms with E-state index in [0.717, 1.165) is 10.6 Å². The maximum Gasteiger partial charge on any atom is 0.342 e. The summed E-state index contributed by atoms with van der Waals surface area (Å²) in [5.41, 5.74) is 1.55. The number of carbonyl (C=O) groups excluding carboxylic acids is 3. The molecular formula is C18H21N3O5S. The van der Waals surface area contributed by atoms with Crippen LogP contribution in [0.2, 0.25) is 0 Å². The van der Waals surface area contributed by atoms with Crippen LogP contribution in [0.3, 0.4) is 0 Å². The fourth-order valence-electron chi connectivity index (χ4n) is 1.99. The number of para-hydroxylation sites is 1. The van der Waals surface area contributed by atoms with Gasteiger partial charge in [-0.1, -0.05) is 19.1 Å². The Balaban J connectivity index is 1.95. The normalized spacial score (nSPS) is 10.3. The number of hydrogen-bond acceptors (Lipinski definition) is 7. The molecule has 0 aliphatic heterocycles. The van der Waals surface area contributed by atoms with E-state index >= 15 is 0 Å². The summed E-state index contributed by atoms with van der Waals surface area (Å²) < 4.78 is 0. The molecule has 2 N–H and O–H groups in total. The van der Waals surface area contributed by atoms with Crippen molar-refractivity contribution in [3.05, 3.63) is 40.4 Å². The number of carbonyl (C=O) groups is 3. The predicted molar refractivity (Wildman–Crippen MR) is 102 cm³/mol. The van der Waals surface area contributed by atoms with Crippen LogP contribution < -0.4 is 10.6 Å². The van der Waals surface area contributed by atoms with Crippen LogP contribution in [-0.2, 0) is 19.4 Å². The van der Waals surface area contributed by atoms with Crippen molar-refractivity contribution in [2.75, 3.05) is 17.2 Å². The van der Waals surface area contributed by atoms with Gasteiger partial charge in [0.2, 0.25) is 5.91 Å². The lowest BCUT2D eigenvalue weighted by atomic mass is 10.1. The van der Waals surface area contributed by atoms with E-state index in [-0.39, 0.29) is 31.3 Å². The molecule has 27 heavy (non-hydrogen) atoms. The fourth-order valence-corrected chi connectivity index (χ4v) is 2.80. The van der Waals surface area contributed by atoms with Gasteiger partial charge in [0.1, 0.15) is 6.61 Å². The molecule has 0 radical (unpaired) electrons. The minimum atomic E-state index is -0.509. The van der Waals surface area contributed by atoms with E-state index in [2.05, 4.69) is 25.4 Å². The number of aryl methyl sites for hydroxylation is 2. The Morgan fingerprint density at radius 2 is 1.89 bits per heavy atom.